The maximum absolute atomic E-state index is 12.4. The Morgan fingerprint density at radius 3 is 1.41 bits per heavy atom. The Labute approximate surface area is 160 Å². The Morgan fingerprint density at radius 1 is 0.815 bits per heavy atom. The first kappa shape index (κ1) is 25.6. The van der Waals surface area contributed by atoms with Gasteiger partial charge >= 0.3 is 20.1 Å². The third-order valence-corrected chi connectivity index (χ3v) is 3.82. The summed E-state index contributed by atoms with van der Waals surface area (Å²) < 4.78 is 41.9. The standard InChI is InChI=1S/C16H31NO9P/c1-7-9-21-15(18)23-13(11(3)4)25-27(17,20)26-14(12(5)6)24-16(19)22-10-8-2/h11-14,17H,7-10H2,1-6H3. The van der Waals surface area contributed by atoms with Crippen LogP contribution in [0.3, 0.4) is 0 Å². The van der Waals surface area contributed by atoms with Gasteiger partial charge in [-0.1, -0.05) is 41.5 Å². The fourth-order valence-electron chi connectivity index (χ4n) is 1.49. The van der Waals surface area contributed by atoms with Gasteiger partial charge in [0.05, 0.1) is 13.2 Å². The van der Waals surface area contributed by atoms with Crippen molar-refractivity contribution < 1.29 is 42.1 Å². The molecule has 0 aromatic carbocycles. The van der Waals surface area contributed by atoms with E-state index in [1.807, 2.05) is 13.8 Å². The first-order valence-electron chi connectivity index (χ1n) is 8.91. The van der Waals surface area contributed by atoms with Gasteiger partial charge in [-0.15, -0.1) is 5.50 Å². The Kier molecular flexibility index (Phi) is 12.3. The molecule has 2 atom stereocenters. The van der Waals surface area contributed by atoms with Crippen molar-refractivity contribution in [2.45, 2.75) is 67.0 Å². The molecule has 11 heteroatoms. The maximum Gasteiger partial charge on any atom is 0.510 e. The van der Waals surface area contributed by atoms with E-state index in [0.29, 0.717) is 12.8 Å². The molecule has 0 saturated carbocycles. The van der Waals surface area contributed by atoms with Gasteiger partial charge in [-0.25, -0.2) is 14.2 Å². The van der Waals surface area contributed by atoms with Crippen molar-refractivity contribution in [3.63, 3.8) is 0 Å². The summed E-state index contributed by atoms with van der Waals surface area (Å²) in [5.74, 6) is -0.872. The first-order chi connectivity index (χ1) is 12.5. The summed E-state index contributed by atoms with van der Waals surface area (Å²) in [6.45, 7) is 10.5. The highest BCUT2D eigenvalue weighted by Gasteiger charge is 2.35. The zero-order valence-corrected chi connectivity index (χ0v) is 17.7. The highest BCUT2D eigenvalue weighted by atomic mass is 31.2. The van der Waals surface area contributed by atoms with Crippen molar-refractivity contribution in [2.75, 3.05) is 13.2 Å². The first-order valence-corrected chi connectivity index (χ1v) is 10.4. The third kappa shape index (κ3) is 11.9. The molecule has 2 unspecified atom stereocenters. The molecule has 1 radical (unpaired) electrons. The van der Waals surface area contributed by atoms with Crippen LogP contribution in [0.4, 0.5) is 9.59 Å². The molecule has 0 aliphatic carbocycles. The molecule has 0 aliphatic rings. The van der Waals surface area contributed by atoms with Crippen LogP contribution in [0.2, 0.25) is 0 Å². The number of rotatable bonds is 12. The molecule has 0 spiro atoms. The minimum Gasteiger partial charge on any atom is -0.434 e. The zero-order valence-electron chi connectivity index (χ0n) is 16.8. The summed E-state index contributed by atoms with van der Waals surface area (Å²) in [6.07, 6.45) is -3.48. The van der Waals surface area contributed by atoms with Crippen molar-refractivity contribution in [1.82, 2.24) is 5.50 Å². The highest BCUT2D eigenvalue weighted by molar-refractivity contribution is 7.50. The van der Waals surface area contributed by atoms with Gasteiger partial charge in [0.15, 0.2) is 0 Å². The average molecular weight is 412 g/mol. The van der Waals surface area contributed by atoms with E-state index in [-0.39, 0.29) is 13.2 Å². The van der Waals surface area contributed by atoms with E-state index in [9.17, 15) is 14.2 Å². The normalized spacial score (nSPS) is 15.7. The molecule has 159 valence electrons. The van der Waals surface area contributed by atoms with Crippen LogP contribution in [0.5, 0.6) is 0 Å². The van der Waals surface area contributed by atoms with Gasteiger partial charge in [-0.05, 0) is 12.8 Å². The second-order valence-corrected chi connectivity index (χ2v) is 7.78. The van der Waals surface area contributed by atoms with E-state index < -0.39 is 44.5 Å². The summed E-state index contributed by atoms with van der Waals surface area (Å²) in [5.41, 5.74) is 7.79. The Bertz CT molecular complexity index is 458. The predicted molar refractivity (Wildman–Crippen MR) is 95.6 cm³/mol. The average Bonchev–Trinajstić information content (AvgIpc) is 2.56. The van der Waals surface area contributed by atoms with E-state index in [1.165, 1.54) is 0 Å². The van der Waals surface area contributed by atoms with Gasteiger partial charge in [-0.2, -0.15) is 0 Å². The van der Waals surface area contributed by atoms with Gasteiger partial charge in [-0.3, -0.25) is 9.05 Å². The van der Waals surface area contributed by atoms with Crippen molar-refractivity contribution in [2.24, 2.45) is 11.8 Å². The van der Waals surface area contributed by atoms with Crippen LogP contribution in [0.25, 0.3) is 0 Å². The van der Waals surface area contributed by atoms with Crippen molar-refractivity contribution in [1.29, 1.82) is 0 Å². The highest BCUT2D eigenvalue weighted by Crippen LogP contribution is 2.47. The largest absolute Gasteiger partial charge is 0.510 e. The summed E-state index contributed by atoms with van der Waals surface area (Å²) in [6, 6.07) is 0. The van der Waals surface area contributed by atoms with Gasteiger partial charge < -0.3 is 18.9 Å². The zero-order chi connectivity index (χ0) is 21.0. The molecule has 27 heavy (non-hydrogen) atoms. The number of hydrogen-bond acceptors (Lipinski definition) is 9. The Balaban J connectivity index is 4.91. The molecule has 0 heterocycles. The van der Waals surface area contributed by atoms with Gasteiger partial charge in [0.1, 0.15) is 0 Å². The molecular weight excluding hydrogens is 381 g/mol. The van der Waals surface area contributed by atoms with Crippen LogP contribution in [-0.2, 0) is 32.6 Å². The summed E-state index contributed by atoms with van der Waals surface area (Å²) in [7, 11) is -4.49. The third-order valence-electron chi connectivity index (χ3n) is 2.85. The van der Waals surface area contributed by atoms with Gasteiger partial charge in [0.25, 0.3) is 0 Å². The molecule has 1 N–H and O–H groups in total. The van der Waals surface area contributed by atoms with Crippen LogP contribution in [0.1, 0.15) is 54.4 Å². The Morgan fingerprint density at radius 2 is 1.15 bits per heavy atom. The van der Waals surface area contributed by atoms with E-state index in [1.54, 1.807) is 27.7 Å². The fraction of sp³-hybridized carbons (Fsp3) is 0.875. The summed E-state index contributed by atoms with van der Waals surface area (Å²) >= 11 is 0. The minimum atomic E-state index is -4.49. The van der Waals surface area contributed by atoms with E-state index >= 15 is 0 Å². The number of nitrogens with one attached hydrogen (secondary N) is 1. The molecule has 0 fully saturated rings. The van der Waals surface area contributed by atoms with Crippen molar-refractivity contribution >= 4 is 20.1 Å². The number of carbonyl (C=O) groups excluding carboxylic acids is 2. The molecule has 0 aromatic rings. The van der Waals surface area contributed by atoms with Crippen LogP contribution < -0.4 is 5.50 Å². The van der Waals surface area contributed by atoms with Gasteiger partial charge in [0, 0.05) is 11.8 Å². The molecule has 0 saturated heterocycles. The molecule has 0 bridgehead atoms. The second-order valence-electron chi connectivity index (χ2n) is 6.37. The lowest BCUT2D eigenvalue weighted by Gasteiger charge is -2.27. The number of hydrogen-bond donors (Lipinski definition) is 0. The molecule has 10 nitrogen and oxygen atoms in total. The summed E-state index contributed by atoms with van der Waals surface area (Å²) in [4.78, 5) is 23.2. The fourth-order valence-corrected chi connectivity index (χ4v) is 2.66. The lowest BCUT2D eigenvalue weighted by molar-refractivity contribution is -0.122. The lowest BCUT2D eigenvalue weighted by atomic mass is 10.2. The van der Waals surface area contributed by atoms with E-state index in [0.717, 1.165) is 0 Å². The maximum atomic E-state index is 12.4. The van der Waals surface area contributed by atoms with Crippen LogP contribution in [0, 0.1) is 11.8 Å². The van der Waals surface area contributed by atoms with Crippen molar-refractivity contribution in [3.05, 3.63) is 0 Å². The molecule has 0 rings (SSSR count). The van der Waals surface area contributed by atoms with Crippen LogP contribution in [0.15, 0.2) is 0 Å². The number of ether oxygens (including phenoxy) is 4. The van der Waals surface area contributed by atoms with Gasteiger partial charge in [0.2, 0.25) is 12.6 Å². The SMILES string of the molecule is CCCOC(=O)OC(OP([NH])(=O)OC(OC(=O)OCCC)C(C)C)C(C)C. The molecule has 0 amide bonds. The number of carbonyl (C=O) groups is 2. The minimum absolute atomic E-state index is 0.155. The molecular formula is C16H31NO9P. The molecule has 0 aromatic heterocycles. The molecule has 0 aliphatic heterocycles. The second kappa shape index (κ2) is 12.9. The van der Waals surface area contributed by atoms with E-state index in [2.05, 4.69) is 0 Å². The van der Waals surface area contributed by atoms with Crippen LogP contribution in [-0.4, -0.2) is 38.1 Å². The smallest absolute Gasteiger partial charge is 0.434 e. The Hall–Kier alpha value is -1.35. The van der Waals surface area contributed by atoms with Crippen molar-refractivity contribution in [3.8, 4) is 0 Å². The predicted octanol–water partition coefficient (Wildman–Crippen LogP) is 4.50. The summed E-state index contributed by atoms with van der Waals surface area (Å²) in [5, 5.41) is 0. The monoisotopic (exact) mass is 412 g/mol. The van der Waals surface area contributed by atoms with E-state index in [4.69, 9.17) is 33.5 Å². The van der Waals surface area contributed by atoms with Crippen LogP contribution >= 0.6 is 7.75 Å². The topological polar surface area (TPSA) is 130 Å². The lowest BCUT2D eigenvalue weighted by Crippen LogP contribution is -2.30. The quantitative estimate of drug-likeness (QED) is 0.258.